The van der Waals surface area contributed by atoms with Gasteiger partial charge in [-0.15, -0.1) is 0 Å². The minimum atomic E-state index is -0.249. The van der Waals surface area contributed by atoms with Crippen LogP contribution in [0.4, 0.5) is 5.69 Å². The summed E-state index contributed by atoms with van der Waals surface area (Å²) >= 11 is 3.40. The van der Waals surface area contributed by atoms with E-state index in [1.54, 1.807) is 43.9 Å². The van der Waals surface area contributed by atoms with Crippen molar-refractivity contribution in [3.05, 3.63) is 71.2 Å². The topological polar surface area (TPSA) is 65.4 Å². The first-order valence-electron chi connectivity index (χ1n) is 8.00. The number of hydrogen-bond acceptors (Lipinski definition) is 4. The lowest BCUT2D eigenvalue weighted by Gasteiger charge is -2.13. The van der Waals surface area contributed by atoms with Crippen molar-refractivity contribution in [3.63, 3.8) is 0 Å². The van der Waals surface area contributed by atoms with E-state index in [0.29, 0.717) is 40.4 Å². The molecule has 0 fully saturated rings. The number of imidazole rings is 1. The van der Waals surface area contributed by atoms with Crippen LogP contribution in [-0.4, -0.2) is 29.2 Å². The van der Waals surface area contributed by atoms with Crippen molar-refractivity contribution in [1.29, 1.82) is 0 Å². The van der Waals surface area contributed by atoms with Gasteiger partial charge in [0.15, 0.2) is 0 Å². The van der Waals surface area contributed by atoms with Gasteiger partial charge in [0.05, 0.1) is 31.2 Å². The number of benzene rings is 2. The average molecular weight is 416 g/mol. The van der Waals surface area contributed by atoms with E-state index in [4.69, 9.17) is 9.47 Å². The zero-order valence-electron chi connectivity index (χ0n) is 14.2. The van der Waals surface area contributed by atoms with Crippen LogP contribution in [-0.2, 0) is 6.54 Å². The minimum Gasteiger partial charge on any atom is -0.497 e. The molecule has 1 amide bonds. The molecular weight excluding hydrogens is 398 g/mol. The Hall–Kier alpha value is -2.80. The molecule has 26 heavy (non-hydrogen) atoms. The van der Waals surface area contributed by atoms with Crippen molar-refractivity contribution < 1.29 is 14.3 Å². The second kappa shape index (κ2) is 8.53. The van der Waals surface area contributed by atoms with E-state index in [1.807, 2.05) is 29.0 Å². The Kier molecular flexibility index (Phi) is 5.91. The van der Waals surface area contributed by atoms with Crippen LogP contribution in [0, 0.1) is 0 Å². The maximum Gasteiger partial charge on any atom is 0.257 e. The Balaban J connectivity index is 1.70. The summed E-state index contributed by atoms with van der Waals surface area (Å²) in [6.07, 6.45) is 5.33. The molecule has 0 unspecified atom stereocenters. The van der Waals surface area contributed by atoms with Gasteiger partial charge in [-0.25, -0.2) is 4.98 Å². The predicted molar refractivity (Wildman–Crippen MR) is 103 cm³/mol. The van der Waals surface area contributed by atoms with E-state index < -0.39 is 0 Å². The van der Waals surface area contributed by atoms with Gasteiger partial charge in [0.1, 0.15) is 18.1 Å². The highest BCUT2D eigenvalue weighted by Gasteiger charge is 2.14. The Bertz CT molecular complexity index is 881. The molecule has 0 radical (unpaired) electrons. The molecule has 2 aromatic carbocycles. The first-order chi connectivity index (χ1) is 12.7. The summed E-state index contributed by atoms with van der Waals surface area (Å²) in [6.45, 7) is 1.13. The van der Waals surface area contributed by atoms with Crippen LogP contribution < -0.4 is 14.8 Å². The van der Waals surface area contributed by atoms with Crippen LogP contribution in [0.3, 0.4) is 0 Å². The third-order valence-corrected chi connectivity index (χ3v) is 4.41. The molecule has 0 aliphatic heterocycles. The molecule has 3 aromatic rings. The molecule has 3 rings (SSSR count). The van der Waals surface area contributed by atoms with Gasteiger partial charge in [0.2, 0.25) is 0 Å². The molecule has 1 N–H and O–H groups in total. The summed E-state index contributed by atoms with van der Waals surface area (Å²) in [5.41, 5.74) is 1.09. The fourth-order valence-electron chi connectivity index (χ4n) is 2.37. The third kappa shape index (κ3) is 4.43. The van der Waals surface area contributed by atoms with Crippen LogP contribution in [0.5, 0.6) is 11.5 Å². The van der Waals surface area contributed by atoms with Gasteiger partial charge in [0, 0.05) is 16.9 Å². The van der Waals surface area contributed by atoms with E-state index in [0.717, 1.165) is 0 Å². The number of carbonyl (C=O) groups excluding carboxylic acids is 1. The maximum atomic E-state index is 12.7. The highest BCUT2D eigenvalue weighted by atomic mass is 79.9. The van der Waals surface area contributed by atoms with Crippen LogP contribution >= 0.6 is 15.9 Å². The van der Waals surface area contributed by atoms with Gasteiger partial charge < -0.3 is 19.4 Å². The second-order valence-electron chi connectivity index (χ2n) is 5.45. The van der Waals surface area contributed by atoms with Crippen LogP contribution in [0.15, 0.2) is 65.7 Å². The third-order valence-electron chi connectivity index (χ3n) is 3.72. The first kappa shape index (κ1) is 18.0. The predicted octanol–water partition coefficient (Wildman–Crippen LogP) is 3.99. The lowest BCUT2D eigenvalue weighted by atomic mass is 10.2. The molecule has 0 saturated carbocycles. The van der Waals surface area contributed by atoms with Gasteiger partial charge in [-0.1, -0.05) is 12.1 Å². The van der Waals surface area contributed by atoms with Crippen molar-refractivity contribution in [2.45, 2.75) is 6.54 Å². The van der Waals surface area contributed by atoms with Crippen LogP contribution in [0.2, 0.25) is 0 Å². The van der Waals surface area contributed by atoms with Crippen molar-refractivity contribution in [1.82, 2.24) is 9.55 Å². The van der Waals surface area contributed by atoms with Gasteiger partial charge in [0.25, 0.3) is 5.91 Å². The zero-order chi connectivity index (χ0) is 18.4. The SMILES string of the molecule is COc1ccc(Br)c(C(=O)Nc2ccccc2OCCn2ccnc2)c1. The smallest absolute Gasteiger partial charge is 0.257 e. The van der Waals surface area contributed by atoms with E-state index in [-0.39, 0.29) is 5.91 Å². The number of anilines is 1. The molecule has 1 aromatic heterocycles. The molecule has 0 atom stereocenters. The largest absolute Gasteiger partial charge is 0.497 e. The van der Waals surface area contributed by atoms with Gasteiger partial charge in [-0.3, -0.25) is 4.79 Å². The number of aromatic nitrogens is 2. The second-order valence-corrected chi connectivity index (χ2v) is 6.30. The number of methoxy groups -OCH3 is 1. The molecule has 134 valence electrons. The fraction of sp³-hybridized carbons (Fsp3) is 0.158. The molecule has 0 aliphatic carbocycles. The first-order valence-corrected chi connectivity index (χ1v) is 8.79. The summed E-state index contributed by atoms with van der Waals surface area (Å²) in [4.78, 5) is 16.6. The normalized spacial score (nSPS) is 10.4. The molecule has 0 spiro atoms. The molecule has 0 aliphatic rings. The van der Waals surface area contributed by atoms with E-state index >= 15 is 0 Å². The van der Waals surface area contributed by atoms with Crippen molar-refractivity contribution in [2.75, 3.05) is 19.0 Å². The Labute approximate surface area is 159 Å². The van der Waals surface area contributed by atoms with Crippen molar-refractivity contribution in [2.24, 2.45) is 0 Å². The number of rotatable bonds is 7. The number of carbonyl (C=O) groups is 1. The van der Waals surface area contributed by atoms with Crippen molar-refractivity contribution >= 4 is 27.5 Å². The zero-order valence-corrected chi connectivity index (χ0v) is 15.8. The lowest BCUT2D eigenvalue weighted by Crippen LogP contribution is -2.14. The Morgan fingerprint density at radius 3 is 2.88 bits per heavy atom. The summed E-state index contributed by atoms with van der Waals surface area (Å²) in [5.74, 6) is 0.977. The number of amides is 1. The van der Waals surface area contributed by atoms with E-state index in [1.165, 1.54) is 0 Å². The lowest BCUT2D eigenvalue weighted by molar-refractivity contribution is 0.102. The quantitative estimate of drug-likeness (QED) is 0.633. The van der Waals surface area contributed by atoms with Crippen LogP contribution in [0.25, 0.3) is 0 Å². The molecule has 1 heterocycles. The maximum absolute atomic E-state index is 12.7. The molecule has 0 bridgehead atoms. The summed E-state index contributed by atoms with van der Waals surface area (Å²) < 4.78 is 13.6. The van der Waals surface area contributed by atoms with Gasteiger partial charge in [-0.05, 0) is 46.3 Å². The fourth-order valence-corrected chi connectivity index (χ4v) is 2.80. The Morgan fingerprint density at radius 1 is 1.27 bits per heavy atom. The Morgan fingerprint density at radius 2 is 2.12 bits per heavy atom. The summed E-state index contributed by atoms with van der Waals surface area (Å²) in [7, 11) is 1.56. The standard InChI is InChI=1S/C19H18BrN3O3/c1-25-14-6-7-16(20)15(12-14)19(24)22-17-4-2-3-5-18(17)26-11-10-23-9-8-21-13-23/h2-9,12-13H,10-11H2,1H3,(H,22,24). The highest BCUT2D eigenvalue weighted by molar-refractivity contribution is 9.10. The monoisotopic (exact) mass is 415 g/mol. The number of nitrogens with zero attached hydrogens (tertiary/aromatic N) is 2. The highest BCUT2D eigenvalue weighted by Crippen LogP contribution is 2.27. The number of halogens is 1. The number of nitrogens with one attached hydrogen (secondary N) is 1. The van der Waals surface area contributed by atoms with E-state index in [2.05, 4.69) is 26.2 Å². The molecular formula is C19H18BrN3O3. The van der Waals surface area contributed by atoms with Crippen molar-refractivity contribution in [3.8, 4) is 11.5 Å². The van der Waals surface area contributed by atoms with E-state index in [9.17, 15) is 4.79 Å². The number of ether oxygens (including phenoxy) is 2. The van der Waals surface area contributed by atoms with Crippen LogP contribution in [0.1, 0.15) is 10.4 Å². The average Bonchev–Trinajstić information content (AvgIpc) is 3.17. The number of hydrogen-bond donors (Lipinski definition) is 1. The molecule has 7 heteroatoms. The van der Waals surface area contributed by atoms with Gasteiger partial charge >= 0.3 is 0 Å². The minimum absolute atomic E-state index is 0.249. The summed E-state index contributed by atoms with van der Waals surface area (Å²) in [6, 6.07) is 12.6. The molecule has 6 nitrogen and oxygen atoms in total. The number of para-hydroxylation sites is 2. The van der Waals surface area contributed by atoms with Gasteiger partial charge in [-0.2, -0.15) is 0 Å². The summed E-state index contributed by atoms with van der Waals surface area (Å²) in [5, 5.41) is 2.89. The molecule has 0 saturated heterocycles.